The highest BCUT2D eigenvalue weighted by molar-refractivity contribution is 7.12. The van der Waals surface area contributed by atoms with E-state index in [2.05, 4.69) is 0 Å². The number of thiophene rings is 1. The maximum Gasteiger partial charge on any atom is 0.195 e. The van der Waals surface area contributed by atoms with Crippen LogP contribution in [-0.4, -0.2) is 43.7 Å². The minimum atomic E-state index is -1.59. The number of carbonyl (C=O) groups is 3. The van der Waals surface area contributed by atoms with E-state index in [4.69, 9.17) is 9.47 Å². The molecular weight excluding hydrogens is 522 g/mol. The Kier molecular flexibility index (Phi) is 5.54. The van der Waals surface area contributed by atoms with Crippen LogP contribution < -0.4 is 14.4 Å². The molecule has 1 spiro atoms. The first-order chi connectivity index (χ1) is 19.5. The molecule has 0 bridgehead atoms. The van der Waals surface area contributed by atoms with Crippen molar-refractivity contribution in [2.75, 3.05) is 19.1 Å². The molecule has 3 heterocycles. The van der Waals surface area contributed by atoms with E-state index in [1.54, 1.807) is 62.8 Å². The van der Waals surface area contributed by atoms with E-state index in [0.717, 1.165) is 11.3 Å². The van der Waals surface area contributed by atoms with Crippen molar-refractivity contribution in [2.45, 2.75) is 18.0 Å². The number of ketones is 3. The fourth-order valence-electron chi connectivity index (χ4n) is 6.91. The van der Waals surface area contributed by atoms with Crippen LogP contribution in [-0.2, 0) is 0 Å². The Morgan fingerprint density at radius 2 is 1.60 bits per heavy atom. The number of hydrogen-bond acceptors (Lipinski definition) is 7. The lowest BCUT2D eigenvalue weighted by Crippen LogP contribution is -2.48. The molecule has 3 atom stereocenters. The molecule has 7 heteroatoms. The van der Waals surface area contributed by atoms with Crippen molar-refractivity contribution in [3.05, 3.63) is 117 Å². The van der Waals surface area contributed by atoms with Gasteiger partial charge in [0.1, 0.15) is 23.0 Å². The molecule has 0 unspecified atom stereocenters. The van der Waals surface area contributed by atoms with Crippen LogP contribution in [0.4, 0.5) is 5.69 Å². The highest BCUT2D eigenvalue weighted by Crippen LogP contribution is 2.62. The Labute approximate surface area is 235 Å². The van der Waals surface area contributed by atoms with Gasteiger partial charge >= 0.3 is 0 Å². The fourth-order valence-corrected chi connectivity index (χ4v) is 7.61. The standard InChI is InChI=1S/C33H25NO5S/c1-38-20-14-15-25(39-2)23(18-20)28-29(30(35)26-12-7-17-40-26)34-24-11-6-3-8-19(24)13-16-27(34)33(28)31(36)21-9-4-5-10-22(21)32(33)37/h3-18,27-29H,1-2H3/t27-,28-,29+/m1/s1. The largest absolute Gasteiger partial charge is 0.497 e. The first-order valence-corrected chi connectivity index (χ1v) is 13.9. The molecule has 0 saturated carbocycles. The van der Waals surface area contributed by atoms with Crippen LogP contribution >= 0.6 is 11.3 Å². The van der Waals surface area contributed by atoms with E-state index in [1.807, 2.05) is 52.8 Å². The third-order valence-electron chi connectivity index (χ3n) is 8.52. The summed E-state index contributed by atoms with van der Waals surface area (Å²) in [5, 5.41) is 1.86. The van der Waals surface area contributed by atoms with Crippen molar-refractivity contribution < 1.29 is 23.9 Å². The minimum absolute atomic E-state index is 0.145. The molecule has 3 aliphatic rings. The van der Waals surface area contributed by atoms with Gasteiger partial charge in [0.2, 0.25) is 0 Å². The van der Waals surface area contributed by atoms with Crippen LogP contribution in [0.3, 0.4) is 0 Å². The summed E-state index contributed by atoms with van der Waals surface area (Å²) in [6, 6.07) is 22.2. The second-order valence-electron chi connectivity index (χ2n) is 10.2. The number of para-hydroxylation sites is 1. The van der Waals surface area contributed by atoms with Crippen LogP contribution in [0, 0.1) is 5.41 Å². The Morgan fingerprint density at radius 1 is 0.875 bits per heavy atom. The van der Waals surface area contributed by atoms with Gasteiger partial charge in [-0.15, -0.1) is 11.3 Å². The van der Waals surface area contributed by atoms with Gasteiger partial charge in [-0.25, -0.2) is 0 Å². The summed E-state index contributed by atoms with van der Waals surface area (Å²) in [7, 11) is 3.12. The monoisotopic (exact) mass is 547 g/mol. The normalized spacial score (nSPS) is 21.8. The molecule has 4 aromatic rings. The zero-order valence-corrected chi connectivity index (χ0v) is 22.7. The maximum absolute atomic E-state index is 14.7. The molecule has 3 aromatic carbocycles. The molecule has 1 aliphatic carbocycles. The van der Waals surface area contributed by atoms with Gasteiger partial charge in [0.05, 0.1) is 25.1 Å². The van der Waals surface area contributed by atoms with Crippen molar-refractivity contribution in [3.8, 4) is 11.5 Å². The van der Waals surface area contributed by atoms with E-state index >= 15 is 0 Å². The number of rotatable bonds is 5. The van der Waals surface area contributed by atoms with Gasteiger partial charge in [0.15, 0.2) is 17.3 Å². The summed E-state index contributed by atoms with van der Waals surface area (Å²) < 4.78 is 11.4. The molecule has 0 amide bonds. The zero-order valence-electron chi connectivity index (χ0n) is 21.9. The van der Waals surface area contributed by atoms with Crippen LogP contribution in [0.15, 0.2) is 90.3 Å². The van der Waals surface area contributed by atoms with Gasteiger partial charge in [0, 0.05) is 28.3 Å². The number of benzene rings is 3. The van der Waals surface area contributed by atoms with Gasteiger partial charge in [-0.1, -0.05) is 60.7 Å². The van der Waals surface area contributed by atoms with E-state index in [0.29, 0.717) is 33.1 Å². The SMILES string of the molecule is COc1ccc(OC)c([C@@H]2[C@@H](C(=O)c3cccs3)N3c4ccccc4C=C[C@@H]3C23C(=O)c2ccccc2C3=O)c1. The predicted molar refractivity (Wildman–Crippen MR) is 154 cm³/mol. The topological polar surface area (TPSA) is 72.9 Å². The molecule has 0 radical (unpaired) electrons. The van der Waals surface area contributed by atoms with E-state index in [1.165, 1.54) is 11.3 Å². The number of ether oxygens (including phenoxy) is 2. The summed E-state index contributed by atoms with van der Waals surface area (Å²) in [5.74, 6) is -0.520. The summed E-state index contributed by atoms with van der Waals surface area (Å²) in [5.41, 5.74) is 1.50. The Balaban J connectivity index is 1.59. The van der Waals surface area contributed by atoms with Crippen molar-refractivity contribution in [1.29, 1.82) is 0 Å². The first kappa shape index (κ1) is 24.5. The Hall–Kier alpha value is -4.49. The number of anilines is 1. The van der Waals surface area contributed by atoms with Gasteiger partial charge in [-0.05, 0) is 41.3 Å². The molecule has 0 N–H and O–H groups in total. The lowest BCUT2D eigenvalue weighted by Gasteiger charge is -2.37. The number of carbonyl (C=O) groups excluding carboxylic acids is 3. The van der Waals surface area contributed by atoms with Crippen LogP contribution in [0.1, 0.15) is 47.4 Å². The molecular formula is C33H25NO5S. The van der Waals surface area contributed by atoms with Crippen molar-refractivity contribution in [3.63, 3.8) is 0 Å². The smallest absolute Gasteiger partial charge is 0.195 e. The highest BCUT2D eigenvalue weighted by atomic mass is 32.1. The Morgan fingerprint density at radius 3 is 2.27 bits per heavy atom. The molecule has 7 rings (SSSR count). The van der Waals surface area contributed by atoms with Gasteiger partial charge in [0.25, 0.3) is 0 Å². The second-order valence-corrected chi connectivity index (χ2v) is 11.2. The molecule has 2 aliphatic heterocycles. The van der Waals surface area contributed by atoms with Crippen LogP contribution in [0.2, 0.25) is 0 Å². The molecule has 198 valence electrons. The number of hydrogen-bond donors (Lipinski definition) is 0. The van der Waals surface area contributed by atoms with E-state index < -0.39 is 23.4 Å². The van der Waals surface area contributed by atoms with Crippen molar-refractivity contribution >= 4 is 40.4 Å². The number of fused-ring (bicyclic) bond motifs is 5. The molecule has 1 saturated heterocycles. The molecule has 1 fully saturated rings. The van der Waals surface area contributed by atoms with Crippen molar-refractivity contribution in [1.82, 2.24) is 0 Å². The highest BCUT2D eigenvalue weighted by Gasteiger charge is 2.72. The molecule has 1 aromatic heterocycles. The maximum atomic E-state index is 14.7. The summed E-state index contributed by atoms with van der Waals surface area (Å²) in [4.78, 5) is 46.6. The number of Topliss-reactive ketones (excluding diaryl/α,β-unsaturated/α-hetero) is 3. The average molecular weight is 548 g/mol. The number of nitrogens with zero attached hydrogens (tertiary/aromatic N) is 1. The molecule has 40 heavy (non-hydrogen) atoms. The van der Waals surface area contributed by atoms with E-state index in [-0.39, 0.29) is 17.3 Å². The fraction of sp³-hybridized carbons (Fsp3) is 0.182. The third-order valence-corrected chi connectivity index (χ3v) is 9.40. The third kappa shape index (κ3) is 3.12. The first-order valence-electron chi connectivity index (χ1n) is 13.1. The number of methoxy groups -OCH3 is 2. The average Bonchev–Trinajstić information content (AvgIpc) is 3.70. The quantitative estimate of drug-likeness (QED) is 0.223. The Bertz CT molecular complexity index is 1690. The lowest BCUT2D eigenvalue weighted by atomic mass is 9.64. The predicted octanol–water partition coefficient (Wildman–Crippen LogP) is 6.08. The summed E-state index contributed by atoms with van der Waals surface area (Å²) in [6.45, 7) is 0. The van der Waals surface area contributed by atoms with Gasteiger partial charge in [-0.3, -0.25) is 14.4 Å². The summed E-state index contributed by atoms with van der Waals surface area (Å²) >= 11 is 1.35. The molecule has 6 nitrogen and oxygen atoms in total. The van der Waals surface area contributed by atoms with Gasteiger partial charge in [-0.2, -0.15) is 0 Å². The second kappa shape index (κ2) is 9.03. The van der Waals surface area contributed by atoms with Crippen LogP contribution in [0.5, 0.6) is 11.5 Å². The van der Waals surface area contributed by atoms with Gasteiger partial charge < -0.3 is 14.4 Å². The minimum Gasteiger partial charge on any atom is -0.497 e. The zero-order chi connectivity index (χ0) is 27.6. The van der Waals surface area contributed by atoms with Crippen LogP contribution in [0.25, 0.3) is 6.08 Å². The summed E-state index contributed by atoms with van der Waals surface area (Å²) in [6.07, 6.45) is 3.88. The van der Waals surface area contributed by atoms with Crippen molar-refractivity contribution in [2.24, 2.45) is 5.41 Å². The lowest BCUT2D eigenvalue weighted by molar-refractivity contribution is 0.0664. The van der Waals surface area contributed by atoms with E-state index in [9.17, 15) is 14.4 Å².